The number of esters is 4. The molecule has 0 aromatic heterocycles. The summed E-state index contributed by atoms with van der Waals surface area (Å²) in [5.41, 5.74) is -4.14. The summed E-state index contributed by atoms with van der Waals surface area (Å²) >= 11 is 0. The minimum Gasteiger partial charge on any atom is -0.468 e. The van der Waals surface area contributed by atoms with Crippen molar-refractivity contribution in [2.24, 2.45) is 35.5 Å². The van der Waals surface area contributed by atoms with Gasteiger partial charge in [-0.3, -0.25) is 24.5 Å². The standard InChI is InChI=1S/C51H56F7N3O10/c1-25(2)27-20-19-26(3)21-40(27)71-46(64)33-24-39(49(67)70-6)61(43(33)29-14-8-11-17-35(29)51(56,57)58)45(63)32-23-38(48(66)69-5)60(42(32)28-13-7-10-16-34(28)50(53,54)55)44(62)31-22-37(47(65)68-4)59-41(31)30-15-9-12-18-36(30)52/h7-18,25-27,31-33,37-43,59H,19-24H2,1-6H3/t26-,27+,31+,32-,33+,37+,38-,39+,40-,41+,42-,43-/m0/s1. The monoisotopic (exact) mass is 1000 g/mol. The molecule has 20 heteroatoms. The Bertz CT molecular complexity index is 2500. The first-order valence-electron chi connectivity index (χ1n) is 23.4. The van der Waals surface area contributed by atoms with Crippen LogP contribution in [0.1, 0.15) is 105 Å². The van der Waals surface area contributed by atoms with Crippen LogP contribution in [0.25, 0.3) is 0 Å². The first-order valence-corrected chi connectivity index (χ1v) is 23.4. The van der Waals surface area contributed by atoms with E-state index in [4.69, 9.17) is 18.9 Å². The predicted molar refractivity (Wildman–Crippen MR) is 237 cm³/mol. The smallest absolute Gasteiger partial charge is 0.416 e. The zero-order valence-electron chi connectivity index (χ0n) is 39.8. The fraction of sp³-hybridized carbons (Fsp3) is 0.529. The molecule has 1 saturated carbocycles. The molecule has 384 valence electrons. The van der Waals surface area contributed by atoms with Gasteiger partial charge in [0.1, 0.15) is 30.0 Å². The number of hydrogen-bond donors (Lipinski definition) is 1. The number of hydrogen-bond acceptors (Lipinski definition) is 11. The quantitative estimate of drug-likeness (QED) is 0.112. The second-order valence-corrected chi connectivity index (χ2v) is 19.2. The van der Waals surface area contributed by atoms with Crippen molar-refractivity contribution in [3.8, 4) is 0 Å². The van der Waals surface area contributed by atoms with E-state index in [-0.39, 0.29) is 23.3 Å². The third-order valence-electron chi connectivity index (χ3n) is 14.8. The highest BCUT2D eigenvalue weighted by molar-refractivity contribution is 5.94. The summed E-state index contributed by atoms with van der Waals surface area (Å²) in [4.78, 5) is 88.7. The van der Waals surface area contributed by atoms with Crippen LogP contribution in [0.4, 0.5) is 30.7 Å². The van der Waals surface area contributed by atoms with E-state index in [9.17, 15) is 19.2 Å². The molecule has 0 spiro atoms. The van der Waals surface area contributed by atoms with Gasteiger partial charge in [0.15, 0.2) is 0 Å². The Balaban J connectivity index is 1.43. The van der Waals surface area contributed by atoms with E-state index in [0.29, 0.717) is 23.8 Å². The number of nitrogens with one attached hydrogen (secondary N) is 1. The number of alkyl halides is 6. The summed E-state index contributed by atoms with van der Waals surface area (Å²) in [6, 6.07) is 2.68. The molecule has 7 rings (SSSR count). The molecule has 1 N–H and O–H groups in total. The highest BCUT2D eigenvalue weighted by Gasteiger charge is 2.61. The number of benzene rings is 3. The third kappa shape index (κ3) is 10.4. The summed E-state index contributed by atoms with van der Waals surface area (Å²) in [5.74, 6) is -12.8. The van der Waals surface area contributed by atoms with E-state index >= 15 is 40.3 Å². The van der Waals surface area contributed by atoms with Gasteiger partial charge in [-0.2, -0.15) is 26.3 Å². The normalized spacial score (nSPS) is 28.9. The number of likely N-dealkylation sites (tertiary alicyclic amines) is 2. The Morgan fingerprint density at radius 3 is 1.55 bits per heavy atom. The minimum atomic E-state index is -5.18. The number of rotatable bonds is 11. The number of halogens is 7. The van der Waals surface area contributed by atoms with Crippen LogP contribution in [0.5, 0.6) is 0 Å². The van der Waals surface area contributed by atoms with E-state index < -0.39 is 155 Å². The van der Waals surface area contributed by atoms with Crippen LogP contribution in [0.3, 0.4) is 0 Å². The number of carbonyl (C=O) groups excluding carboxylic acids is 6. The minimum absolute atomic E-state index is 0.0205. The van der Waals surface area contributed by atoms with Crippen molar-refractivity contribution in [2.45, 2.75) is 114 Å². The van der Waals surface area contributed by atoms with Gasteiger partial charge < -0.3 is 28.7 Å². The van der Waals surface area contributed by atoms with Crippen molar-refractivity contribution >= 4 is 35.7 Å². The maximum atomic E-state index is 16.0. The Morgan fingerprint density at radius 1 is 0.592 bits per heavy atom. The molecule has 4 aliphatic rings. The van der Waals surface area contributed by atoms with E-state index in [1.54, 1.807) is 0 Å². The summed E-state index contributed by atoms with van der Waals surface area (Å²) < 4.78 is 128. The van der Waals surface area contributed by atoms with Crippen molar-refractivity contribution < 1.29 is 78.4 Å². The van der Waals surface area contributed by atoms with E-state index in [1.165, 1.54) is 30.3 Å². The average Bonchev–Trinajstić information content (AvgIpc) is 4.07. The number of methoxy groups -OCH3 is 3. The second kappa shape index (κ2) is 21.0. The molecule has 4 fully saturated rings. The largest absolute Gasteiger partial charge is 0.468 e. The molecule has 1 aliphatic carbocycles. The molecular formula is C51H56F7N3O10. The highest BCUT2D eigenvalue weighted by Crippen LogP contribution is 2.53. The van der Waals surface area contributed by atoms with Gasteiger partial charge in [-0.05, 0) is 79.2 Å². The van der Waals surface area contributed by atoms with Crippen LogP contribution in [-0.4, -0.2) is 91.1 Å². The summed E-state index contributed by atoms with van der Waals surface area (Å²) in [6.45, 7) is 5.85. The molecule has 71 heavy (non-hydrogen) atoms. The van der Waals surface area contributed by atoms with Gasteiger partial charge in [-0.15, -0.1) is 0 Å². The first kappa shape index (κ1) is 52.8. The molecule has 3 aliphatic heterocycles. The van der Waals surface area contributed by atoms with Crippen molar-refractivity contribution in [2.75, 3.05) is 21.3 Å². The van der Waals surface area contributed by atoms with E-state index in [0.717, 1.165) is 69.0 Å². The van der Waals surface area contributed by atoms with Crippen LogP contribution in [0.15, 0.2) is 72.8 Å². The van der Waals surface area contributed by atoms with Gasteiger partial charge in [0.25, 0.3) is 0 Å². The van der Waals surface area contributed by atoms with Gasteiger partial charge in [0.2, 0.25) is 11.8 Å². The number of amides is 2. The lowest BCUT2D eigenvalue weighted by molar-refractivity contribution is -0.163. The third-order valence-corrected chi connectivity index (χ3v) is 14.8. The van der Waals surface area contributed by atoms with Gasteiger partial charge >= 0.3 is 36.2 Å². The van der Waals surface area contributed by atoms with Crippen LogP contribution >= 0.6 is 0 Å². The fourth-order valence-corrected chi connectivity index (χ4v) is 11.5. The zero-order chi connectivity index (χ0) is 51.9. The maximum absolute atomic E-state index is 16.0. The SMILES string of the molecule is COC(=O)[C@H]1C[C@@H](C(=O)O[C@H]2C[C@@H](C)CC[C@@H]2C(C)C)[C@H](c2ccccc2C(F)(F)F)N1C(=O)[C@H]1C[C@@H](C(=O)OC)N(C(=O)[C@@H]2C[C@H](C(=O)OC)N[C@@H]2c2ccccc2F)[C@H]1c1ccccc1C(F)(F)F. The summed E-state index contributed by atoms with van der Waals surface area (Å²) in [5, 5.41) is 2.88. The van der Waals surface area contributed by atoms with Crippen molar-refractivity contribution in [1.82, 2.24) is 15.1 Å². The van der Waals surface area contributed by atoms with Crippen molar-refractivity contribution in [3.05, 3.63) is 106 Å². The van der Waals surface area contributed by atoms with Crippen LogP contribution in [-0.2, 0) is 60.1 Å². The molecule has 0 unspecified atom stereocenters. The summed E-state index contributed by atoms with van der Waals surface area (Å²) in [7, 11) is 2.94. The molecule has 3 aromatic carbocycles. The van der Waals surface area contributed by atoms with Crippen LogP contribution in [0, 0.1) is 41.3 Å². The Labute approximate surface area is 405 Å². The molecule has 2 amide bonds. The molecular weight excluding hydrogens is 948 g/mol. The van der Waals surface area contributed by atoms with Crippen molar-refractivity contribution in [3.63, 3.8) is 0 Å². The lowest BCUT2D eigenvalue weighted by Crippen LogP contribution is -2.49. The highest BCUT2D eigenvalue weighted by atomic mass is 19.4. The molecule has 3 saturated heterocycles. The van der Waals surface area contributed by atoms with Crippen molar-refractivity contribution in [1.29, 1.82) is 0 Å². The Hall–Kier alpha value is -6.05. The molecule has 0 radical (unpaired) electrons. The Kier molecular flexibility index (Phi) is 15.6. The molecule has 3 heterocycles. The maximum Gasteiger partial charge on any atom is 0.416 e. The average molecular weight is 1000 g/mol. The van der Waals surface area contributed by atoms with E-state index in [2.05, 4.69) is 5.32 Å². The molecule has 12 atom stereocenters. The first-order chi connectivity index (χ1) is 33.5. The van der Waals surface area contributed by atoms with Gasteiger partial charge in [0, 0.05) is 11.6 Å². The van der Waals surface area contributed by atoms with Gasteiger partial charge in [-0.25, -0.2) is 14.0 Å². The molecule has 0 bridgehead atoms. The predicted octanol–water partition coefficient (Wildman–Crippen LogP) is 8.32. The molecule has 13 nitrogen and oxygen atoms in total. The number of ether oxygens (including phenoxy) is 4. The second-order valence-electron chi connectivity index (χ2n) is 19.2. The Morgan fingerprint density at radius 2 is 1.06 bits per heavy atom. The van der Waals surface area contributed by atoms with Crippen LogP contribution < -0.4 is 5.32 Å². The molecule has 3 aromatic rings. The van der Waals surface area contributed by atoms with Crippen LogP contribution in [0.2, 0.25) is 0 Å². The van der Waals surface area contributed by atoms with Gasteiger partial charge in [-0.1, -0.05) is 81.8 Å². The van der Waals surface area contributed by atoms with Gasteiger partial charge in [0.05, 0.1) is 62.3 Å². The van der Waals surface area contributed by atoms with E-state index in [1.807, 2.05) is 20.8 Å². The number of nitrogens with zero attached hydrogens (tertiary/aromatic N) is 2. The lowest BCUT2D eigenvalue weighted by Gasteiger charge is -2.39. The fourth-order valence-electron chi connectivity index (χ4n) is 11.5. The zero-order valence-corrected chi connectivity index (χ0v) is 39.8. The summed E-state index contributed by atoms with van der Waals surface area (Å²) in [6.07, 6.45) is -11.0. The topological polar surface area (TPSA) is 158 Å². The number of carbonyl (C=O) groups is 6. The lowest BCUT2D eigenvalue weighted by atomic mass is 9.75.